The predicted molar refractivity (Wildman–Crippen MR) is 65.0 cm³/mol. The molecule has 0 aromatic rings. The van der Waals surface area contributed by atoms with Gasteiger partial charge in [0.25, 0.3) is 0 Å². The van der Waals surface area contributed by atoms with Crippen molar-refractivity contribution in [1.82, 2.24) is 10.6 Å². The predicted octanol–water partition coefficient (Wildman–Crippen LogP) is 2.15. The molecule has 2 nitrogen and oxygen atoms in total. The van der Waals surface area contributed by atoms with E-state index in [1.807, 2.05) is 0 Å². The maximum atomic E-state index is 3.60. The Balaban J connectivity index is 1.51. The topological polar surface area (TPSA) is 24.1 Å². The quantitative estimate of drug-likeness (QED) is 0.629. The number of nitrogens with one attached hydrogen (secondary N) is 2. The van der Waals surface area contributed by atoms with Crippen molar-refractivity contribution in [3.05, 3.63) is 0 Å². The molecule has 0 unspecified atom stereocenters. The van der Waals surface area contributed by atoms with E-state index in [9.17, 15) is 0 Å². The third kappa shape index (κ3) is 3.46. The Morgan fingerprint density at radius 3 is 2.33 bits per heavy atom. The Bertz CT molecular complexity index is 193. The van der Waals surface area contributed by atoms with Crippen LogP contribution in [0.3, 0.4) is 0 Å². The molecule has 2 aliphatic rings. The minimum Gasteiger partial charge on any atom is -0.315 e. The molecule has 2 heteroatoms. The maximum Gasteiger partial charge on any atom is 0.00793 e. The summed E-state index contributed by atoms with van der Waals surface area (Å²) >= 11 is 0. The summed E-state index contributed by atoms with van der Waals surface area (Å²) in [6, 6.07) is 0.853. The molecule has 0 heterocycles. The normalized spacial score (nSPS) is 22.8. The van der Waals surface area contributed by atoms with Crippen molar-refractivity contribution in [1.29, 1.82) is 0 Å². The first kappa shape index (κ1) is 11.4. The minimum absolute atomic E-state index is 0.512. The van der Waals surface area contributed by atoms with Crippen molar-refractivity contribution >= 4 is 0 Å². The van der Waals surface area contributed by atoms with Crippen molar-refractivity contribution in [2.45, 2.75) is 52.0 Å². The van der Waals surface area contributed by atoms with Gasteiger partial charge >= 0.3 is 0 Å². The van der Waals surface area contributed by atoms with E-state index in [0.29, 0.717) is 5.41 Å². The highest BCUT2D eigenvalue weighted by atomic mass is 15.0. The fourth-order valence-corrected chi connectivity index (χ4v) is 2.40. The van der Waals surface area contributed by atoms with Crippen LogP contribution >= 0.6 is 0 Å². The molecule has 0 aromatic carbocycles. The van der Waals surface area contributed by atoms with Crippen LogP contribution in [0.25, 0.3) is 0 Å². The van der Waals surface area contributed by atoms with Gasteiger partial charge in [-0.25, -0.2) is 0 Å². The average Bonchev–Trinajstić information content (AvgIpc) is 2.82. The van der Waals surface area contributed by atoms with Gasteiger partial charge in [-0.2, -0.15) is 0 Å². The van der Waals surface area contributed by atoms with Crippen molar-refractivity contribution in [3.63, 3.8) is 0 Å². The molecule has 0 amide bonds. The lowest BCUT2D eigenvalue weighted by atomic mass is 9.67. The molecule has 0 aromatic heterocycles. The van der Waals surface area contributed by atoms with E-state index in [0.717, 1.165) is 25.0 Å². The van der Waals surface area contributed by atoms with Crippen LogP contribution in [0.4, 0.5) is 0 Å². The fraction of sp³-hybridized carbons (Fsp3) is 1.00. The summed E-state index contributed by atoms with van der Waals surface area (Å²) in [5, 5.41) is 7.13. The van der Waals surface area contributed by atoms with Crippen molar-refractivity contribution in [3.8, 4) is 0 Å². The average molecular weight is 210 g/mol. The molecule has 2 fully saturated rings. The van der Waals surface area contributed by atoms with E-state index < -0.39 is 0 Å². The van der Waals surface area contributed by atoms with Crippen LogP contribution in [-0.2, 0) is 0 Å². The van der Waals surface area contributed by atoms with Crippen LogP contribution in [0.15, 0.2) is 0 Å². The Hall–Kier alpha value is -0.0800. The van der Waals surface area contributed by atoms with E-state index in [2.05, 4.69) is 24.5 Å². The fourth-order valence-electron chi connectivity index (χ4n) is 2.40. The second kappa shape index (κ2) is 4.84. The van der Waals surface area contributed by atoms with E-state index in [1.165, 1.54) is 38.6 Å². The third-order valence-electron chi connectivity index (χ3n) is 4.10. The standard InChI is InChI=1S/C13H26N2/c1-13(2,11-4-3-5-11)10-14-8-9-15-12-6-7-12/h11-12,14-15H,3-10H2,1-2H3. The first-order valence-corrected chi connectivity index (χ1v) is 6.62. The summed E-state index contributed by atoms with van der Waals surface area (Å²) < 4.78 is 0. The Morgan fingerprint density at radius 2 is 1.80 bits per heavy atom. The van der Waals surface area contributed by atoms with E-state index in [-0.39, 0.29) is 0 Å². The summed E-state index contributed by atoms with van der Waals surface area (Å²) in [6.45, 7) is 8.29. The van der Waals surface area contributed by atoms with Gasteiger partial charge in [0.05, 0.1) is 0 Å². The van der Waals surface area contributed by atoms with Crippen LogP contribution in [0.1, 0.15) is 46.0 Å². The molecular formula is C13H26N2. The molecule has 0 spiro atoms. The molecule has 0 radical (unpaired) electrons. The molecule has 15 heavy (non-hydrogen) atoms. The first-order valence-electron chi connectivity index (χ1n) is 6.62. The smallest absolute Gasteiger partial charge is 0.00793 e. The molecule has 2 N–H and O–H groups in total. The van der Waals surface area contributed by atoms with Gasteiger partial charge in [0.1, 0.15) is 0 Å². The van der Waals surface area contributed by atoms with Gasteiger partial charge < -0.3 is 10.6 Å². The Kier molecular flexibility index (Phi) is 3.68. The third-order valence-corrected chi connectivity index (χ3v) is 4.10. The SMILES string of the molecule is CC(C)(CNCCNC1CC1)C1CCC1. The molecule has 0 atom stereocenters. The summed E-state index contributed by atoms with van der Waals surface area (Å²) in [5.74, 6) is 0.974. The molecule has 2 saturated carbocycles. The lowest BCUT2D eigenvalue weighted by molar-refractivity contribution is 0.119. The highest BCUT2D eigenvalue weighted by molar-refractivity contribution is 4.86. The Labute approximate surface area is 94.2 Å². The zero-order chi connectivity index (χ0) is 10.7. The molecule has 0 saturated heterocycles. The van der Waals surface area contributed by atoms with Crippen LogP contribution in [0.2, 0.25) is 0 Å². The Morgan fingerprint density at radius 1 is 1.07 bits per heavy atom. The van der Waals surface area contributed by atoms with Gasteiger partial charge in [-0.05, 0) is 37.0 Å². The molecule has 2 aliphatic carbocycles. The van der Waals surface area contributed by atoms with Gasteiger partial charge in [-0.15, -0.1) is 0 Å². The second-order valence-corrected chi connectivity index (χ2v) is 6.02. The maximum absolute atomic E-state index is 3.60. The van der Waals surface area contributed by atoms with Gasteiger partial charge in [0.15, 0.2) is 0 Å². The van der Waals surface area contributed by atoms with E-state index >= 15 is 0 Å². The van der Waals surface area contributed by atoms with Crippen molar-refractivity contribution in [2.75, 3.05) is 19.6 Å². The first-order chi connectivity index (χ1) is 7.18. The van der Waals surface area contributed by atoms with Gasteiger partial charge in [0.2, 0.25) is 0 Å². The minimum atomic E-state index is 0.512. The highest BCUT2D eigenvalue weighted by Crippen LogP contribution is 2.41. The molecule has 0 bridgehead atoms. The van der Waals surface area contributed by atoms with E-state index in [4.69, 9.17) is 0 Å². The summed E-state index contributed by atoms with van der Waals surface area (Å²) in [5.41, 5.74) is 0.512. The lowest BCUT2D eigenvalue weighted by Gasteiger charge is -2.40. The van der Waals surface area contributed by atoms with Crippen LogP contribution in [-0.4, -0.2) is 25.7 Å². The van der Waals surface area contributed by atoms with Crippen LogP contribution in [0.5, 0.6) is 0 Å². The second-order valence-electron chi connectivity index (χ2n) is 6.02. The van der Waals surface area contributed by atoms with Gasteiger partial charge in [-0.1, -0.05) is 20.3 Å². The molecule has 2 rings (SSSR count). The zero-order valence-electron chi connectivity index (χ0n) is 10.3. The van der Waals surface area contributed by atoms with Crippen LogP contribution < -0.4 is 10.6 Å². The monoisotopic (exact) mass is 210 g/mol. The summed E-state index contributed by atoms with van der Waals surface area (Å²) in [4.78, 5) is 0. The number of rotatable bonds is 7. The van der Waals surface area contributed by atoms with E-state index in [1.54, 1.807) is 0 Å². The largest absolute Gasteiger partial charge is 0.315 e. The summed E-state index contributed by atoms with van der Waals surface area (Å²) in [6.07, 6.45) is 7.16. The molecule has 88 valence electrons. The highest BCUT2D eigenvalue weighted by Gasteiger charge is 2.33. The zero-order valence-corrected chi connectivity index (χ0v) is 10.3. The lowest BCUT2D eigenvalue weighted by Crippen LogP contribution is -2.40. The van der Waals surface area contributed by atoms with Crippen LogP contribution in [0, 0.1) is 11.3 Å². The summed E-state index contributed by atoms with van der Waals surface area (Å²) in [7, 11) is 0. The van der Waals surface area contributed by atoms with Crippen molar-refractivity contribution < 1.29 is 0 Å². The van der Waals surface area contributed by atoms with Crippen molar-refractivity contribution in [2.24, 2.45) is 11.3 Å². The number of hydrogen-bond acceptors (Lipinski definition) is 2. The van der Waals surface area contributed by atoms with Gasteiger partial charge in [0, 0.05) is 25.7 Å². The number of hydrogen-bond donors (Lipinski definition) is 2. The van der Waals surface area contributed by atoms with Gasteiger partial charge in [-0.3, -0.25) is 0 Å². The molecular weight excluding hydrogens is 184 g/mol. The molecule has 0 aliphatic heterocycles.